The highest BCUT2D eigenvalue weighted by Gasteiger charge is 2.32. The second-order valence-corrected chi connectivity index (χ2v) is 5.55. The number of hydrogen-bond acceptors (Lipinski definition) is 0. The molecule has 0 saturated heterocycles. The third-order valence-corrected chi connectivity index (χ3v) is 4.23. The number of rotatable bonds is 4. The predicted octanol–water partition coefficient (Wildman–Crippen LogP) is 5.05. The SMILES string of the molecule is CCCC(C)C=C1CC(C)C(CC)C1C. The molecule has 15 heavy (non-hydrogen) atoms. The fourth-order valence-corrected chi connectivity index (χ4v) is 3.36. The topological polar surface area (TPSA) is 0 Å². The molecule has 1 fully saturated rings. The smallest absolute Gasteiger partial charge is 0.0201 e. The van der Waals surface area contributed by atoms with Gasteiger partial charge in [0.1, 0.15) is 0 Å². The molecule has 0 heterocycles. The summed E-state index contributed by atoms with van der Waals surface area (Å²) in [4.78, 5) is 0. The first-order valence-corrected chi connectivity index (χ1v) is 6.80. The van der Waals surface area contributed by atoms with Crippen LogP contribution in [-0.2, 0) is 0 Å². The van der Waals surface area contributed by atoms with Crippen LogP contribution in [0.4, 0.5) is 0 Å². The van der Waals surface area contributed by atoms with Crippen molar-refractivity contribution in [1.82, 2.24) is 0 Å². The van der Waals surface area contributed by atoms with Crippen molar-refractivity contribution in [3.63, 3.8) is 0 Å². The number of allylic oxidation sites excluding steroid dienone is 2. The molecule has 1 aliphatic carbocycles. The summed E-state index contributed by atoms with van der Waals surface area (Å²) >= 11 is 0. The van der Waals surface area contributed by atoms with Gasteiger partial charge in [-0.05, 0) is 36.5 Å². The summed E-state index contributed by atoms with van der Waals surface area (Å²) in [5.74, 6) is 3.47. The van der Waals surface area contributed by atoms with Gasteiger partial charge in [-0.1, -0.05) is 59.1 Å². The minimum Gasteiger partial charge on any atom is -0.0822 e. The largest absolute Gasteiger partial charge is 0.0822 e. The highest BCUT2D eigenvalue weighted by Crippen LogP contribution is 2.43. The molecule has 0 aromatic carbocycles. The molecule has 0 aromatic rings. The highest BCUT2D eigenvalue weighted by molar-refractivity contribution is 5.15. The van der Waals surface area contributed by atoms with E-state index in [2.05, 4.69) is 40.7 Å². The molecule has 0 aromatic heterocycles. The van der Waals surface area contributed by atoms with Crippen LogP contribution < -0.4 is 0 Å². The van der Waals surface area contributed by atoms with Crippen LogP contribution in [-0.4, -0.2) is 0 Å². The summed E-state index contributed by atoms with van der Waals surface area (Å²) < 4.78 is 0. The molecule has 0 bridgehead atoms. The Morgan fingerprint density at radius 2 is 2.00 bits per heavy atom. The van der Waals surface area contributed by atoms with Gasteiger partial charge in [-0.3, -0.25) is 0 Å². The standard InChI is InChI=1S/C15H28/c1-6-8-11(3)9-14-10-12(4)15(7-2)13(14)5/h9,11-13,15H,6-8,10H2,1-5H3. The van der Waals surface area contributed by atoms with Crippen molar-refractivity contribution < 1.29 is 0 Å². The van der Waals surface area contributed by atoms with E-state index in [-0.39, 0.29) is 0 Å². The van der Waals surface area contributed by atoms with E-state index >= 15 is 0 Å². The Hall–Kier alpha value is -0.260. The molecule has 1 rings (SSSR count). The molecule has 0 aliphatic heterocycles. The Kier molecular flexibility index (Phi) is 4.89. The predicted molar refractivity (Wildman–Crippen MR) is 68.9 cm³/mol. The molecule has 0 amide bonds. The molecule has 4 atom stereocenters. The van der Waals surface area contributed by atoms with Gasteiger partial charge < -0.3 is 0 Å². The zero-order valence-electron chi connectivity index (χ0n) is 11.2. The highest BCUT2D eigenvalue weighted by atomic mass is 14.4. The maximum absolute atomic E-state index is 2.57. The van der Waals surface area contributed by atoms with Crippen molar-refractivity contribution in [2.45, 2.75) is 60.3 Å². The normalized spacial score (nSPS) is 36.1. The lowest BCUT2D eigenvalue weighted by atomic mass is 9.88. The first-order chi connectivity index (χ1) is 7.10. The first-order valence-electron chi connectivity index (χ1n) is 6.80. The third-order valence-electron chi connectivity index (χ3n) is 4.23. The minimum atomic E-state index is 0.787. The quantitative estimate of drug-likeness (QED) is 0.567. The molecule has 1 saturated carbocycles. The monoisotopic (exact) mass is 208 g/mol. The molecule has 0 N–H and O–H groups in total. The van der Waals surface area contributed by atoms with E-state index in [1.165, 1.54) is 25.7 Å². The maximum atomic E-state index is 2.57. The van der Waals surface area contributed by atoms with Crippen LogP contribution in [0.15, 0.2) is 11.6 Å². The fraction of sp³-hybridized carbons (Fsp3) is 0.867. The Morgan fingerprint density at radius 3 is 2.47 bits per heavy atom. The molecular formula is C15H28. The van der Waals surface area contributed by atoms with Gasteiger partial charge in [0.2, 0.25) is 0 Å². The molecule has 88 valence electrons. The zero-order chi connectivity index (χ0) is 11.4. The van der Waals surface area contributed by atoms with Crippen molar-refractivity contribution >= 4 is 0 Å². The fourth-order valence-electron chi connectivity index (χ4n) is 3.36. The van der Waals surface area contributed by atoms with Crippen molar-refractivity contribution in [2.75, 3.05) is 0 Å². The summed E-state index contributed by atoms with van der Waals surface area (Å²) in [6.45, 7) is 11.9. The van der Waals surface area contributed by atoms with Crippen LogP contribution in [0.2, 0.25) is 0 Å². The van der Waals surface area contributed by atoms with Gasteiger partial charge in [0.05, 0.1) is 0 Å². The number of hydrogen-bond donors (Lipinski definition) is 0. The molecule has 0 spiro atoms. The van der Waals surface area contributed by atoms with E-state index in [0.717, 1.165) is 23.7 Å². The van der Waals surface area contributed by atoms with Crippen LogP contribution in [0.25, 0.3) is 0 Å². The van der Waals surface area contributed by atoms with Crippen molar-refractivity contribution in [3.8, 4) is 0 Å². The Balaban J connectivity index is 2.64. The van der Waals surface area contributed by atoms with Crippen LogP contribution in [0.5, 0.6) is 0 Å². The average molecular weight is 208 g/mol. The van der Waals surface area contributed by atoms with Gasteiger partial charge in [-0.25, -0.2) is 0 Å². The Morgan fingerprint density at radius 1 is 1.33 bits per heavy atom. The summed E-state index contributed by atoms with van der Waals surface area (Å²) in [7, 11) is 0. The zero-order valence-corrected chi connectivity index (χ0v) is 11.2. The van der Waals surface area contributed by atoms with Crippen LogP contribution in [0.1, 0.15) is 60.3 Å². The molecule has 1 aliphatic rings. The van der Waals surface area contributed by atoms with Crippen molar-refractivity contribution in [3.05, 3.63) is 11.6 Å². The molecule has 0 radical (unpaired) electrons. The summed E-state index contributed by atoms with van der Waals surface area (Å²) in [6.07, 6.45) is 7.93. The molecule has 4 unspecified atom stereocenters. The van der Waals surface area contributed by atoms with E-state index in [1.54, 1.807) is 5.57 Å². The lowest BCUT2D eigenvalue weighted by Gasteiger charge is -2.17. The van der Waals surface area contributed by atoms with Gasteiger partial charge in [0.15, 0.2) is 0 Å². The van der Waals surface area contributed by atoms with Crippen LogP contribution in [0.3, 0.4) is 0 Å². The van der Waals surface area contributed by atoms with Gasteiger partial charge >= 0.3 is 0 Å². The lowest BCUT2D eigenvalue weighted by Crippen LogP contribution is -2.09. The van der Waals surface area contributed by atoms with Crippen LogP contribution in [0, 0.1) is 23.7 Å². The van der Waals surface area contributed by atoms with E-state index in [1.807, 2.05) is 0 Å². The lowest BCUT2D eigenvalue weighted by molar-refractivity contribution is 0.344. The summed E-state index contributed by atoms with van der Waals surface area (Å²) in [5, 5.41) is 0. The van der Waals surface area contributed by atoms with Gasteiger partial charge in [0.25, 0.3) is 0 Å². The Bertz CT molecular complexity index is 214. The second kappa shape index (κ2) is 5.72. The van der Waals surface area contributed by atoms with E-state index in [4.69, 9.17) is 0 Å². The average Bonchev–Trinajstić information content (AvgIpc) is 2.42. The second-order valence-electron chi connectivity index (χ2n) is 5.55. The van der Waals surface area contributed by atoms with Gasteiger partial charge in [-0.2, -0.15) is 0 Å². The van der Waals surface area contributed by atoms with Gasteiger partial charge in [0, 0.05) is 0 Å². The third kappa shape index (κ3) is 3.09. The first kappa shape index (κ1) is 12.8. The molecule has 0 heteroatoms. The van der Waals surface area contributed by atoms with E-state index in [0.29, 0.717) is 0 Å². The van der Waals surface area contributed by atoms with Gasteiger partial charge in [-0.15, -0.1) is 0 Å². The summed E-state index contributed by atoms with van der Waals surface area (Å²) in [6, 6.07) is 0. The van der Waals surface area contributed by atoms with Crippen molar-refractivity contribution in [2.24, 2.45) is 23.7 Å². The summed E-state index contributed by atoms with van der Waals surface area (Å²) in [5.41, 5.74) is 1.75. The molecular weight excluding hydrogens is 180 g/mol. The maximum Gasteiger partial charge on any atom is -0.0201 e. The van der Waals surface area contributed by atoms with E-state index in [9.17, 15) is 0 Å². The Labute approximate surface area is 96.2 Å². The molecule has 0 nitrogen and oxygen atoms in total. The van der Waals surface area contributed by atoms with Crippen LogP contribution >= 0.6 is 0 Å². The van der Waals surface area contributed by atoms with Crippen molar-refractivity contribution in [1.29, 1.82) is 0 Å². The minimum absolute atomic E-state index is 0.787. The van der Waals surface area contributed by atoms with E-state index < -0.39 is 0 Å².